The molecule has 0 spiro atoms. The number of nitrogens with two attached hydrogens (primary N) is 1. The van der Waals surface area contributed by atoms with Gasteiger partial charge in [-0.2, -0.15) is 0 Å². The third kappa shape index (κ3) is 5.19. The number of hydrogen-bond acceptors (Lipinski definition) is 1. The van der Waals surface area contributed by atoms with Crippen LogP contribution in [0.4, 0.5) is 5.69 Å². The third-order valence-corrected chi connectivity index (χ3v) is 4.51. The van der Waals surface area contributed by atoms with Crippen molar-refractivity contribution in [1.29, 1.82) is 0 Å². The molecule has 0 saturated heterocycles. The number of aryl methyl sites for hydroxylation is 1. The number of benzene rings is 2. The molecular weight excluding hydrogens is 352 g/mol. The molecule has 2 aromatic rings. The maximum absolute atomic E-state index is 12.2. The molecule has 122 valence electrons. The van der Waals surface area contributed by atoms with Gasteiger partial charge in [0.15, 0.2) is 6.54 Å². The Labute approximate surface area is 146 Å². The molecule has 3 N–H and O–H groups in total. The van der Waals surface area contributed by atoms with Gasteiger partial charge >= 0.3 is 0 Å². The molecule has 0 heterocycles. The zero-order chi connectivity index (χ0) is 16.8. The first-order valence-corrected chi connectivity index (χ1v) is 8.71. The second kappa shape index (κ2) is 8.27. The van der Waals surface area contributed by atoms with Crippen LogP contribution in [0.2, 0.25) is 0 Å². The molecule has 2 aromatic carbocycles. The summed E-state index contributed by atoms with van der Waals surface area (Å²) in [7, 11) is 0. The second-order valence-corrected chi connectivity index (χ2v) is 7.01. The molecule has 0 aliphatic heterocycles. The fourth-order valence-corrected chi connectivity index (χ4v) is 3.22. The van der Waals surface area contributed by atoms with Gasteiger partial charge in [-0.15, -0.1) is 0 Å². The zero-order valence-electron chi connectivity index (χ0n) is 13.8. The van der Waals surface area contributed by atoms with Crippen LogP contribution in [-0.4, -0.2) is 12.5 Å². The molecule has 0 aliphatic rings. The molecule has 0 aliphatic carbocycles. The first-order valence-electron chi connectivity index (χ1n) is 7.91. The highest BCUT2D eigenvalue weighted by atomic mass is 79.9. The minimum absolute atomic E-state index is 0.0103. The summed E-state index contributed by atoms with van der Waals surface area (Å²) in [6.07, 6.45) is 0. The van der Waals surface area contributed by atoms with Crippen molar-refractivity contribution in [3.05, 3.63) is 64.1 Å². The van der Waals surface area contributed by atoms with Gasteiger partial charge in [-0.05, 0) is 40.5 Å². The number of carbonyl (C=O) groups is 1. The average molecular weight is 376 g/mol. The van der Waals surface area contributed by atoms with E-state index in [9.17, 15) is 4.79 Å². The fraction of sp³-hybridized carbons (Fsp3) is 0.316. The van der Waals surface area contributed by atoms with Crippen LogP contribution in [-0.2, 0) is 4.79 Å². The van der Waals surface area contributed by atoms with Crippen LogP contribution in [0.5, 0.6) is 0 Å². The topological polar surface area (TPSA) is 45.7 Å². The van der Waals surface area contributed by atoms with E-state index in [0.717, 1.165) is 15.7 Å². The van der Waals surface area contributed by atoms with E-state index in [0.29, 0.717) is 12.5 Å². The summed E-state index contributed by atoms with van der Waals surface area (Å²) >= 11 is 3.49. The number of hydrogen-bond donors (Lipinski definition) is 2. The fourth-order valence-electron chi connectivity index (χ4n) is 2.63. The molecule has 0 aromatic heterocycles. The van der Waals surface area contributed by atoms with E-state index in [1.807, 2.05) is 43.3 Å². The maximum Gasteiger partial charge on any atom is 0.279 e. The van der Waals surface area contributed by atoms with Crippen LogP contribution in [0.3, 0.4) is 0 Å². The summed E-state index contributed by atoms with van der Waals surface area (Å²) in [5.74, 6) is 0.465. The molecule has 1 atom stereocenters. The lowest BCUT2D eigenvalue weighted by molar-refractivity contribution is -0.692. The Morgan fingerprint density at radius 2 is 1.87 bits per heavy atom. The highest BCUT2D eigenvalue weighted by Gasteiger charge is 2.20. The lowest BCUT2D eigenvalue weighted by atomic mass is 9.96. The molecule has 0 saturated carbocycles. The van der Waals surface area contributed by atoms with Gasteiger partial charge in [0, 0.05) is 16.0 Å². The Morgan fingerprint density at radius 1 is 1.17 bits per heavy atom. The maximum atomic E-state index is 12.2. The number of anilines is 1. The average Bonchev–Trinajstić information content (AvgIpc) is 2.51. The van der Waals surface area contributed by atoms with Gasteiger partial charge in [-0.3, -0.25) is 4.79 Å². The number of carbonyl (C=O) groups excluding carboxylic acids is 1. The summed E-state index contributed by atoms with van der Waals surface area (Å²) in [5, 5.41) is 5.07. The van der Waals surface area contributed by atoms with Crippen LogP contribution in [0.15, 0.2) is 53.0 Å². The van der Waals surface area contributed by atoms with Crippen molar-refractivity contribution in [2.75, 3.05) is 11.9 Å². The SMILES string of the molecule is Cc1ccc(NC(=O)C[NH2+][C@H](c2ccccc2)C(C)C)c(Br)c1. The normalized spacial score (nSPS) is 12.2. The highest BCUT2D eigenvalue weighted by Crippen LogP contribution is 2.23. The number of amides is 1. The lowest BCUT2D eigenvalue weighted by Gasteiger charge is -2.19. The smallest absolute Gasteiger partial charge is 0.279 e. The van der Waals surface area contributed by atoms with Gasteiger partial charge in [0.25, 0.3) is 5.91 Å². The predicted octanol–water partition coefficient (Wildman–Crippen LogP) is 3.66. The summed E-state index contributed by atoms with van der Waals surface area (Å²) in [4.78, 5) is 12.2. The number of rotatable bonds is 6. The Kier molecular flexibility index (Phi) is 6.37. The third-order valence-electron chi connectivity index (χ3n) is 3.86. The van der Waals surface area contributed by atoms with E-state index in [2.05, 4.69) is 52.5 Å². The Hall–Kier alpha value is -1.65. The molecule has 0 fully saturated rings. The van der Waals surface area contributed by atoms with Crippen molar-refractivity contribution in [3.8, 4) is 0 Å². The van der Waals surface area contributed by atoms with E-state index in [1.165, 1.54) is 5.56 Å². The molecule has 0 bridgehead atoms. The van der Waals surface area contributed by atoms with Gasteiger partial charge in [0.2, 0.25) is 0 Å². The van der Waals surface area contributed by atoms with E-state index < -0.39 is 0 Å². The van der Waals surface area contributed by atoms with Crippen LogP contribution in [0.25, 0.3) is 0 Å². The summed E-state index contributed by atoms with van der Waals surface area (Å²) in [6.45, 7) is 6.79. The lowest BCUT2D eigenvalue weighted by Crippen LogP contribution is -2.88. The van der Waals surface area contributed by atoms with E-state index >= 15 is 0 Å². The van der Waals surface area contributed by atoms with Gasteiger partial charge in [0.05, 0.1) is 5.69 Å². The minimum atomic E-state index is 0.0103. The van der Waals surface area contributed by atoms with Crippen LogP contribution >= 0.6 is 15.9 Å². The van der Waals surface area contributed by atoms with Crippen LogP contribution in [0, 0.1) is 12.8 Å². The summed E-state index contributed by atoms with van der Waals surface area (Å²) < 4.78 is 0.911. The highest BCUT2D eigenvalue weighted by molar-refractivity contribution is 9.10. The van der Waals surface area contributed by atoms with E-state index in [1.54, 1.807) is 0 Å². The van der Waals surface area contributed by atoms with Crippen molar-refractivity contribution >= 4 is 27.5 Å². The molecule has 2 rings (SSSR count). The molecule has 0 unspecified atom stereocenters. The molecule has 0 radical (unpaired) electrons. The summed E-state index contributed by atoms with van der Waals surface area (Å²) in [6, 6.07) is 16.5. The first kappa shape index (κ1) is 17.7. The van der Waals surface area contributed by atoms with Crippen LogP contribution < -0.4 is 10.6 Å². The monoisotopic (exact) mass is 375 g/mol. The second-order valence-electron chi connectivity index (χ2n) is 6.15. The van der Waals surface area contributed by atoms with Crippen molar-refractivity contribution < 1.29 is 10.1 Å². The minimum Gasteiger partial charge on any atom is -0.332 e. The Balaban J connectivity index is 1.97. The van der Waals surface area contributed by atoms with Gasteiger partial charge in [-0.1, -0.05) is 50.2 Å². The zero-order valence-corrected chi connectivity index (χ0v) is 15.4. The van der Waals surface area contributed by atoms with Gasteiger partial charge in [-0.25, -0.2) is 0 Å². The van der Waals surface area contributed by atoms with E-state index in [-0.39, 0.29) is 11.9 Å². The Bertz CT molecular complexity index is 656. The predicted molar refractivity (Wildman–Crippen MR) is 98.3 cm³/mol. The summed E-state index contributed by atoms with van der Waals surface area (Å²) in [5.41, 5.74) is 3.23. The molecular formula is C19H24BrN2O+. The van der Waals surface area contributed by atoms with Crippen LogP contribution in [0.1, 0.15) is 31.0 Å². The number of nitrogens with one attached hydrogen (secondary N) is 1. The van der Waals surface area contributed by atoms with Gasteiger partial charge in [0.1, 0.15) is 6.04 Å². The standard InChI is InChI=1S/C19H23BrN2O/c1-13(2)19(15-7-5-4-6-8-15)21-12-18(23)22-17-10-9-14(3)11-16(17)20/h4-11,13,19,21H,12H2,1-3H3,(H,22,23)/p+1/t19-/m0/s1. The van der Waals surface area contributed by atoms with E-state index in [4.69, 9.17) is 0 Å². The largest absolute Gasteiger partial charge is 0.332 e. The molecule has 1 amide bonds. The Morgan fingerprint density at radius 3 is 2.48 bits per heavy atom. The molecule has 3 nitrogen and oxygen atoms in total. The van der Waals surface area contributed by atoms with Crippen molar-refractivity contribution in [2.24, 2.45) is 5.92 Å². The van der Waals surface area contributed by atoms with Crippen molar-refractivity contribution in [2.45, 2.75) is 26.8 Å². The quantitative estimate of drug-likeness (QED) is 0.794. The van der Waals surface area contributed by atoms with Crippen molar-refractivity contribution in [3.63, 3.8) is 0 Å². The first-order chi connectivity index (χ1) is 11.0. The molecule has 23 heavy (non-hydrogen) atoms. The number of halogens is 1. The van der Waals surface area contributed by atoms with Gasteiger partial charge < -0.3 is 10.6 Å². The van der Waals surface area contributed by atoms with Crippen molar-refractivity contribution in [1.82, 2.24) is 0 Å². The number of quaternary nitrogens is 1. The molecule has 4 heteroatoms.